The van der Waals surface area contributed by atoms with E-state index < -0.39 is 4.92 Å². The average Bonchev–Trinajstić information content (AvgIpc) is 2.45. The first-order valence-electron chi connectivity index (χ1n) is 6.85. The monoisotopic (exact) mass is 278 g/mol. The Morgan fingerprint density at radius 1 is 1.35 bits per heavy atom. The van der Waals surface area contributed by atoms with Crippen molar-refractivity contribution in [3.05, 3.63) is 39.9 Å². The predicted octanol–water partition coefficient (Wildman–Crippen LogP) is 2.45. The zero-order valence-corrected chi connectivity index (χ0v) is 12.2. The van der Waals surface area contributed by atoms with Crippen molar-refractivity contribution in [1.29, 1.82) is 0 Å². The number of non-ortho nitro benzene ring substituents is 1. The first-order chi connectivity index (χ1) is 9.56. The summed E-state index contributed by atoms with van der Waals surface area (Å²) in [7, 11) is 0. The molecule has 0 saturated carbocycles. The molecule has 110 valence electrons. The largest absolute Gasteiger partial charge is 0.357 e. The van der Waals surface area contributed by atoms with Gasteiger partial charge < -0.3 is 10.6 Å². The Hall–Kier alpha value is -2.11. The van der Waals surface area contributed by atoms with Crippen LogP contribution in [0.2, 0.25) is 0 Å². The number of rotatable bonds is 6. The summed E-state index contributed by atoms with van der Waals surface area (Å²) in [5.74, 6) is 0.764. The highest BCUT2D eigenvalue weighted by molar-refractivity contribution is 5.80. The molecule has 0 heterocycles. The average molecular weight is 278 g/mol. The molecule has 0 bridgehead atoms. The molecular weight excluding hydrogens is 256 g/mol. The molecule has 2 N–H and O–H groups in total. The Labute approximate surface area is 119 Å². The van der Waals surface area contributed by atoms with Crippen LogP contribution >= 0.6 is 0 Å². The van der Waals surface area contributed by atoms with Crippen LogP contribution in [0.3, 0.4) is 0 Å². The summed E-state index contributed by atoms with van der Waals surface area (Å²) in [4.78, 5) is 14.6. The second-order valence-electron chi connectivity index (χ2n) is 4.57. The summed E-state index contributed by atoms with van der Waals surface area (Å²) in [6.07, 6.45) is 1.02. The third-order valence-corrected chi connectivity index (χ3v) is 2.91. The molecule has 6 heteroatoms. The molecule has 0 spiro atoms. The lowest BCUT2D eigenvalue weighted by Gasteiger charge is -2.16. The van der Waals surface area contributed by atoms with Crippen molar-refractivity contribution in [3.8, 4) is 0 Å². The fourth-order valence-electron chi connectivity index (χ4n) is 1.55. The van der Waals surface area contributed by atoms with E-state index in [1.165, 1.54) is 12.1 Å². The number of hydrogen-bond acceptors (Lipinski definition) is 3. The van der Waals surface area contributed by atoms with Crippen LogP contribution in [0.1, 0.15) is 32.8 Å². The highest BCUT2D eigenvalue weighted by atomic mass is 16.6. The van der Waals surface area contributed by atoms with Crippen LogP contribution in [-0.2, 0) is 6.54 Å². The SMILES string of the molecule is CCNC(=NCc1ccc([N+](=O)[O-])cc1)NC(C)CC. The van der Waals surface area contributed by atoms with Crippen LogP contribution in [0.25, 0.3) is 0 Å². The summed E-state index contributed by atoms with van der Waals surface area (Å²) in [5, 5.41) is 17.1. The van der Waals surface area contributed by atoms with Gasteiger partial charge in [0.05, 0.1) is 11.5 Å². The van der Waals surface area contributed by atoms with Gasteiger partial charge in [-0.25, -0.2) is 4.99 Å². The van der Waals surface area contributed by atoms with Crippen molar-refractivity contribution < 1.29 is 4.92 Å². The zero-order chi connectivity index (χ0) is 15.0. The van der Waals surface area contributed by atoms with Crippen LogP contribution in [0.15, 0.2) is 29.3 Å². The minimum Gasteiger partial charge on any atom is -0.357 e. The van der Waals surface area contributed by atoms with Crippen LogP contribution in [0, 0.1) is 10.1 Å². The lowest BCUT2D eigenvalue weighted by molar-refractivity contribution is -0.384. The van der Waals surface area contributed by atoms with Gasteiger partial charge in [-0.2, -0.15) is 0 Å². The van der Waals surface area contributed by atoms with Crippen molar-refractivity contribution in [2.45, 2.75) is 39.8 Å². The van der Waals surface area contributed by atoms with E-state index in [0.717, 1.165) is 24.5 Å². The normalized spacial score (nSPS) is 12.8. The topological polar surface area (TPSA) is 79.6 Å². The Bertz CT molecular complexity index is 457. The van der Waals surface area contributed by atoms with Gasteiger partial charge in [0.15, 0.2) is 5.96 Å². The van der Waals surface area contributed by atoms with E-state index in [0.29, 0.717) is 12.6 Å². The molecular formula is C14H22N4O2. The maximum Gasteiger partial charge on any atom is 0.269 e. The zero-order valence-electron chi connectivity index (χ0n) is 12.2. The van der Waals surface area contributed by atoms with E-state index in [1.54, 1.807) is 12.1 Å². The number of nitro benzene ring substituents is 1. The summed E-state index contributed by atoms with van der Waals surface area (Å²) in [5.41, 5.74) is 1.04. The van der Waals surface area contributed by atoms with E-state index in [1.807, 2.05) is 6.92 Å². The lowest BCUT2D eigenvalue weighted by Crippen LogP contribution is -2.41. The molecule has 20 heavy (non-hydrogen) atoms. The summed E-state index contributed by atoms with van der Waals surface area (Å²) < 4.78 is 0. The Kier molecular flexibility index (Phi) is 6.49. The summed E-state index contributed by atoms with van der Waals surface area (Å²) >= 11 is 0. The van der Waals surface area contributed by atoms with Gasteiger partial charge in [-0.1, -0.05) is 19.1 Å². The molecule has 0 fully saturated rings. The second kappa shape index (κ2) is 8.14. The van der Waals surface area contributed by atoms with Gasteiger partial charge in [-0.3, -0.25) is 10.1 Å². The smallest absolute Gasteiger partial charge is 0.269 e. The number of nitrogens with zero attached hydrogens (tertiary/aromatic N) is 2. The highest BCUT2D eigenvalue weighted by Gasteiger charge is 2.05. The quantitative estimate of drug-likeness (QED) is 0.362. The minimum atomic E-state index is -0.401. The molecule has 1 aromatic carbocycles. The lowest BCUT2D eigenvalue weighted by atomic mass is 10.2. The first kappa shape index (κ1) is 15.9. The van der Waals surface area contributed by atoms with Crippen LogP contribution in [-0.4, -0.2) is 23.5 Å². The van der Waals surface area contributed by atoms with Crippen molar-refractivity contribution in [3.63, 3.8) is 0 Å². The van der Waals surface area contributed by atoms with E-state index in [-0.39, 0.29) is 5.69 Å². The van der Waals surface area contributed by atoms with Crippen molar-refractivity contribution >= 4 is 11.6 Å². The minimum absolute atomic E-state index is 0.0994. The van der Waals surface area contributed by atoms with E-state index in [2.05, 4.69) is 29.5 Å². The van der Waals surface area contributed by atoms with Crippen molar-refractivity contribution in [2.75, 3.05) is 6.54 Å². The predicted molar refractivity (Wildman–Crippen MR) is 80.8 cm³/mol. The number of hydrogen-bond donors (Lipinski definition) is 2. The Morgan fingerprint density at radius 2 is 2.00 bits per heavy atom. The first-order valence-corrected chi connectivity index (χ1v) is 6.85. The maximum absolute atomic E-state index is 10.6. The molecule has 1 rings (SSSR count). The molecule has 0 radical (unpaired) electrons. The fraction of sp³-hybridized carbons (Fsp3) is 0.500. The van der Waals surface area contributed by atoms with Crippen LogP contribution in [0.5, 0.6) is 0 Å². The van der Waals surface area contributed by atoms with E-state index >= 15 is 0 Å². The van der Waals surface area contributed by atoms with Gasteiger partial charge in [0.2, 0.25) is 0 Å². The standard InChI is InChI=1S/C14H22N4O2/c1-4-11(3)17-14(15-5-2)16-10-12-6-8-13(9-7-12)18(19)20/h6-9,11H,4-5,10H2,1-3H3,(H2,15,16,17). The maximum atomic E-state index is 10.6. The number of nitro groups is 1. The Morgan fingerprint density at radius 3 is 2.50 bits per heavy atom. The number of benzene rings is 1. The van der Waals surface area contributed by atoms with Crippen molar-refractivity contribution in [1.82, 2.24) is 10.6 Å². The molecule has 0 aromatic heterocycles. The van der Waals surface area contributed by atoms with E-state index in [9.17, 15) is 10.1 Å². The molecule has 0 aliphatic heterocycles. The van der Waals surface area contributed by atoms with Gasteiger partial charge in [0.25, 0.3) is 5.69 Å². The third kappa shape index (κ3) is 5.26. The van der Waals surface area contributed by atoms with Gasteiger partial charge >= 0.3 is 0 Å². The third-order valence-electron chi connectivity index (χ3n) is 2.91. The fourth-order valence-corrected chi connectivity index (χ4v) is 1.55. The molecule has 0 aliphatic rings. The summed E-state index contributed by atoms with van der Waals surface area (Å²) in [6, 6.07) is 6.81. The number of aliphatic imine (C=N–C) groups is 1. The molecule has 1 atom stereocenters. The van der Waals surface area contributed by atoms with Crippen molar-refractivity contribution in [2.24, 2.45) is 4.99 Å². The molecule has 6 nitrogen and oxygen atoms in total. The van der Waals surface area contributed by atoms with Gasteiger partial charge in [-0.15, -0.1) is 0 Å². The Balaban J connectivity index is 2.68. The van der Waals surface area contributed by atoms with Gasteiger partial charge in [0.1, 0.15) is 0 Å². The second-order valence-corrected chi connectivity index (χ2v) is 4.57. The number of guanidine groups is 1. The highest BCUT2D eigenvalue weighted by Crippen LogP contribution is 2.12. The number of nitrogens with one attached hydrogen (secondary N) is 2. The molecule has 1 aromatic rings. The van der Waals surface area contributed by atoms with Gasteiger partial charge in [-0.05, 0) is 25.8 Å². The molecule has 0 amide bonds. The van der Waals surface area contributed by atoms with E-state index in [4.69, 9.17) is 0 Å². The summed E-state index contributed by atoms with van der Waals surface area (Å²) in [6.45, 7) is 7.50. The molecule has 0 aliphatic carbocycles. The molecule has 1 unspecified atom stereocenters. The van der Waals surface area contributed by atoms with Gasteiger partial charge in [0, 0.05) is 24.7 Å². The van der Waals surface area contributed by atoms with Crippen LogP contribution < -0.4 is 10.6 Å². The van der Waals surface area contributed by atoms with Crippen LogP contribution in [0.4, 0.5) is 5.69 Å². The molecule has 0 saturated heterocycles.